The number of carbonyl (C=O) groups is 1. The summed E-state index contributed by atoms with van der Waals surface area (Å²) in [6.07, 6.45) is 4.19. The molecule has 0 aliphatic heterocycles. The SMILES string of the molecule is CCOC(C)(CC)CCOC(C)(CC)CCNC(=O)CC. The van der Waals surface area contributed by atoms with E-state index in [-0.39, 0.29) is 17.1 Å². The molecule has 0 spiro atoms. The van der Waals surface area contributed by atoms with Crippen molar-refractivity contribution in [2.75, 3.05) is 19.8 Å². The normalized spacial score (nSPS) is 17.0. The van der Waals surface area contributed by atoms with Crippen molar-refractivity contribution in [1.29, 1.82) is 0 Å². The van der Waals surface area contributed by atoms with Gasteiger partial charge in [0.1, 0.15) is 0 Å². The first-order valence-electron chi connectivity index (χ1n) is 8.39. The zero-order chi connectivity index (χ0) is 16.4. The summed E-state index contributed by atoms with van der Waals surface area (Å²) in [6.45, 7) is 14.5. The lowest BCUT2D eigenvalue weighted by Gasteiger charge is -2.33. The molecule has 2 atom stereocenters. The number of carbonyl (C=O) groups excluding carboxylic acids is 1. The zero-order valence-corrected chi connectivity index (χ0v) is 14.9. The fraction of sp³-hybridized carbons (Fsp3) is 0.941. The van der Waals surface area contributed by atoms with Crippen molar-refractivity contribution in [2.45, 2.75) is 84.8 Å². The second-order valence-corrected chi connectivity index (χ2v) is 6.09. The van der Waals surface area contributed by atoms with E-state index in [9.17, 15) is 4.79 Å². The number of hydrogen-bond donors (Lipinski definition) is 1. The van der Waals surface area contributed by atoms with Crippen molar-refractivity contribution >= 4 is 5.91 Å². The Morgan fingerprint density at radius 2 is 1.52 bits per heavy atom. The van der Waals surface area contributed by atoms with Gasteiger partial charge in [-0.3, -0.25) is 4.79 Å². The molecule has 0 heterocycles. The molecule has 1 N–H and O–H groups in total. The largest absolute Gasteiger partial charge is 0.375 e. The van der Waals surface area contributed by atoms with Gasteiger partial charge in [-0.1, -0.05) is 20.8 Å². The van der Waals surface area contributed by atoms with Crippen LogP contribution < -0.4 is 5.32 Å². The highest BCUT2D eigenvalue weighted by Gasteiger charge is 2.26. The van der Waals surface area contributed by atoms with Crippen LogP contribution >= 0.6 is 0 Å². The van der Waals surface area contributed by atoms with Gasteiger partial charge in [-0.15, -0.1) is 0 Å². The molecule has 0 fully saturated rings. The second-order valence-electron chi connectivity index (χ2n) is 6.09. The van der Waals surface area contributed by atoms with Gasteiger partial charge < -0.3 is 14.8 Å². The Balaban J connectivity index is 4.19. The average molecular weight is 301 g/mol. The van der Waals surface area contributed by atoms with Crippen LogP contribution in [-0.2, 0) is 14.3 Å². The average Bonchev–Trinajstić information content (AvgIpc) is 2.47. The second kappa shape index (κ2) is 10.2. The number of amides is 1. The summed E-state index contributed by atoms with van der Waals surface area (Å²) in [7, 11) is 0. The fourth-order valence-corrected chi connectivity index (χ4v) is 2.16. The van der Waals surface area contributed by atoms with E-state index in [2.05, 4.69) is 33.0 Å². The molecular weight excluding hydrogens is 266 g/mol. The first-order chi connectivity index (χ1) is 9.84. The van der Waals surface area contributed by atoms with Crippen molar-refractivity contribution < 1.29 is 14.3 Å². The number of ether oxygens (including phenoxy) is 2. The van der Waals surface area contributed by atoms with Crippen molar-refractivity contribution in [1.82, 2.24) is 5.32 Å². The van der Waals surface area contributed by atoms with Crippen LogP contribution in [0.1, 0.15) is 73.6 Å². The van der Waals surface area contributed by atoms with Crippen LogP contribution in [0.15, 0.2) is 0 Å². The van der Waals surface area contributed by atoms with Gasteiger partial charge in [0, 0.05) is 19.6 Å². The zero-order valence-electron chi connectivity index (χ0n) is 14.9. The van der Waals surface area contributed by atoms with E-state index in [1.54, 1.807) is 0 Å². The first-order valence-corrected chi connectivity index (χ1v) is 8.39. The smallest absolute Gasteiger partial charge is 0.219 e. The third-order valence-corrected chi connectivity index (χ3v) is 4.37. The van der Waals surface area contributed by atoms with Gasteiger partial charge in [0.05, 0.1) is 17.8 Å². The topological polar surface area (TPSA) is 47.6 Å². The van der Waals surface area contributed by atoms with Crippen molar-refractivity contribution in [3.63, 3.8) is 0 Å². The monoisotopic (exact) mass is 301 g/mol. The van der Waals surface area contributed by atoms with E-state index in [1.807, 2.05) is 13.8 Å². The standard InChI is InChI=1S/C17H35NO3/c1-7-15(19)18-13-11-16(5,8-2)21-14-12-17(6,9-3)20-10-4/h7-14H2,1-6H3,(H,18,19). The summed E-state index contributed by atoms with van der Waals surface area (Å²) in [5.74, 6) is 0.100. The Labute approximate surface area is 131 Å². The molecule has 0 rings (SSSR count). The number of nitrogens with one attached hydrogen (secondary N) is 1. The minimum absolute atomic E-state index is 0.0974. The summed E-state index contributed by atoms with van der Waals surface area (Å²) < 4.78 is 11.9. The molecule has 0 radical (unpaired) electrons. The van der Waals surface area contributed by atoms with E-state index in [0.717, 1.165) is 32.3 Å². The van der Waals surface area contributed by atoms with Crippen molar-refractivity contribution in [2.24, 2.45) is 0 Å². The molecule has 4 nitrogen and oxygen atoms in total. The van der Waals surface area contributed by atoms with Gasteiger partial charge in [-0.25, -0.2) is 0 Å². The molecule has 2 unspecified atom stereocenters. The maximum atomic E-state index is 11.3. The molecular formula is C17H35NO3. The molecule has 0 aromatic heterocycles. The van der Waals surface area contributed by atoms with Crippen molar-refractivity contribution in [3.8, 4) is 0 Å². The molecule has 0 aliphatic carbocycles. The van der Waals surface area contributed by atoms with Crippen LogP contribution in [0.5, 0.6) is 0 Å². The molecule has 1 amide bonds. The van der Waals surface area contributed by atoms with Crippen LogP contribution in [0, 0.1) is 0 Å². The lowest BCUT2D eigenvalue weighted by molar-refractivity contribution is -0.121. The van der Waals surface area contributed by atoms with Crippen LogP contribution in [0.25, 0.3) is 0 Å². The summed E-state index contributed by atoms with van der Waals surface area (Å²) in [6, 6.07) is 0. The van der Waals surface area contributed by atoms with Crippen LogP contribution in [0.3, 0.4) is 0 Å². The van der Waals surface area contributed by atoms with Gasteiger partial charge in [0.15, 0.2) is 0 Å². The number of hydrogen-bond acceptors (Lipinski definition) is 3. The highest BCUT2D eigenvalue weighted by Crippen LogP contribution is 2.24. The maximum Gasteiger partial charge on any atom is 0.219 e. The molecule has 0 saturated carbocycles. The lowest BCUT2D eigenvalue weighted by Crippen LogP contribution is -2.37. The number of rotatable bonds is 12. The Bertz CT molecular complexity index is 296. The van der Waals surface area contributed by atoms with Crippen LogP contribution in [0.2, 0.25) is 0 Å². The summed E-state index contributed by atoms with van der Waals surface area (Å²) >= 11 is 0. The van der Waals surface area contributed by atoms with Crippen molar-refractivity contribution in [3.05, 3.63) is 0 Å². The molecule has 0 bridgehead atoms. The van der Waals surface area contributed by atoms with Gasteiger partial charge in [-0.2, -0.15) is 0 Å². The molecule has 4 heteroatoms. The quantitative estimate of drug-likeness (QED) is 0.598. The first kappa shape index (κ1) is 20.4. The third kappa shape index (κ3) is 8.42. The lowest BCUT2D eigenvalue weighted by atomic mass is 9.97. The van der Waals surface area contributed by atoms with Crippen LogP contribution in [0.4, 0.5) is 0 Å². The highest BCUT2D eigenvalue weighted by atomic mass is 16.5. The molecule has 0 saturated heterocycles. The summed E-state index contributed by atoms with van der Waals surface area (Å²) in [5.41, 5.74) is -0.276. The Hall–Kier alpha value is -0.610. The van der Waals surface area contributed by atoms with Crippen LogP contribution in [-0.4, -0.2) is 36.9 Å². The Kier molecular flexibility index (Phi) is 9.88. The third-order valence-electron chi connectivity index (χ3n) is 4.37. The van der Waals surface area contributed by atoms with E-state index < -0.39 is 0 Å². The molecule has 0 aromatic carbocycles. The van der Waals surface area contributed by atoms with E-state index in [0.29, 0.717) is 19.6 Å². The summed E-state index contributed by atoms with van der Waals surface area (Å²) in [5, 5.41) is 2.92. The Morgan fingerprint density at radius 1 is 0.952 bits per heavy atom. The molecule has 0 aliphatic rings. The predicted octanol–water partition coefficient (Wildman–Crippen LogP) is 3.68. The highest BCUT2D eigenvalue weighted by molar-refractivity contribution is 5.75. The maximum absolute atomic E-state index is 11.3. The van der Waals surface area contributed by atoms with Gasteiger partial charge in [0.2, 0.25) is 5.91 Å². The minimum Gasteiger partial charge on any atom is -0.375 e. The van der Waals surface area contributed by atoms with Gasteiger partial charge >= 0.3 is 0 Å². The van der Waals surface area contributed by atoms with Gasteiger partial charge in [-0.05, 0) is 46.5 Å². The van der Waals surface area contributed by atoms with E-state index >= 15 is 0 Å². The van der Waals surface area contributed by atoms with Gasteiger partial charge in [0.25, 0.3) is 0 Å². The van der Waals surface area contributed by atoms with E-state index in [4.69, 9.17) is 9.47 Å². The molecule has 126 valence electrons. The predicted molar refractivity (Wildman–Crippen MR) is 87.5 cm³/mol. The van der Waals surface area contributed by atoms with E-state index in [1.165, 1.54) is 0 Å². The Morgan fingerprint density at radius 3 is 2.00 bits per heavy atom. The fourth-order valence-electron chi connectivity index (χ4n) is 2.16. The molecule has 21 heavy (non-hydrogen) atoms. The molecule has 0 aromatic rings. The summed E-state index contributed by atoms with van der Waals surface area (Å²) in [4.78, 5) is 11.3. The minimum atomic E-state index is -0.179.